The van der Waals surface area contributed by atoms with Gasteiger partial charge < -0.3 is 4.52 Å². The number of benzene rings is 2. The monoisotopic (exact) mass is 262 g/mol. The highest BCUT2D eigenvalue weighted by molar-refractivity contribution is 5.93. The number of hydrogen-bond donors (Lipinski definition) is 1. The van der Waals surface area contributed by atoms with Crippen LogP contribution in [0.25, 0.3) is 33.6 Å². The van der Waals surface area contributed by atoms with E-state index in [0.717, 1.165) is 22.2 Å². The van der Waals surface area contributed by atoms with E-state index in [1.807, 2.05) is 54.6 Å². The Morgan fingerprint density at radius 1 is 0.900 bits per heavy atom. The first-order valence-electron chi connectivity index (χ1n) is 6.25. The zero-order valence-electron chi connectivity index (χ0n) is 10.4. The molecule has 0 saturated heterocycles. The molecule has 0 amide bonds. The zero-order valence-corrected chi connectivity index (χ0v) is 10.4. The van der Waals surface area contributed by atoms with Gasteiger partial charge in [-0.05, 0) is 12.1 Å². The molecule has 0 radical (unpaired) electrons. The number of H-pyrrole nitrogens is 1. The van der Waals surface area contributed by atoms with Crippen molar-refractivity contribution in [1.29, 1.82) is 0 Å². The van der Waals surface area contributed by atoms with Crippen molar-refractivity contribution in [3.63, 3.8) is 0 Å². The number of aromatic amines is 1. The van der Waals surface area contributed by atoms with Gasteiger partial charge in [-0.25, -0.2) is 0 Å². The lowest BCUT2D eigenvalue weighted by Gasteiger charge is -1.98. The molecule has 1 N–H and O–H groups in total. The third kappa shape index (κ3) is 1.60. The van der Waals surface area contributed by atoms with Gasteiger partial charge in [-0.1, -0.05) is 52.8 Å². The maximum atomic E-state index is 5.45. The average Bonchev–Trinajstić information content (AvgIpc) is 3.14. The molecule has 0 aliphatic heterocycles. The second-order valence-electron chi connectivity index (χ2n) is 4.43. The van der Waals surface area contributed by atoms with Crippen LogP contribution in [0.1, 0.15) is 0 Å². The molecule has 4 aromatic rings. The Labute approximate surface area is 114 Å². The summed E-state index contributed by atoms with van der Waals surface area (Å²) in [6.07, 6.45) is 0. The largest absolute Gasteiger partial charge is 0.353 e. The van der Waals surface area contributed by atoms with Crippen LogP contribution >= 0.6 is 0 Å². The van der Waals surface area contributed by atoms with E-state index in [4.69, 9.17) is 4.52 Å². The predicted octanol–water partition coefficient (Wildman–Crippen LogP) is 3.28. The number of rotatable bonds is 2. The van der Waals surface area contributed by atoms with Crippen molar-refractivity contribution in [3.05, 3.63) is 54.6 Å². The molecule has 4 rings (SSSR count). The Morgan fingerprint density at radius 2 is 1.70 bits per heavy atom. The van der Waals surface area contributed by atoms with Crippen LogP contribution in [-0.2, 0) is 0 Å². The Balaban J connectivity index is 1.94. The lowest BCUT2D eigenvalue weighted by Crippen LogP contribution is -1.82. The van der Waals surface area contributed by atoms with Gasteiger partial charge in [-0.2, -0.15) is 0 Å². The van der Waals surface area contributed by atoms with E-state index < -0.39 is 0 Å². The summed E-state index contributed by atoms with van der Waals surface area (Å²) in [5, 5.41) is 16.0. The molecule has 2 heterocycles. The topological polar surface area (TPSA) is 67.6 Å². The Kier molecular flexibility index (Phi) is 2.35. The minimum absolute atomic E-state index is 0.633. The smallest absolute Gasteiger partial charge is 0.197 e. The quantitative estimate of drug-likeness (QED) is 0.602. The van der Waals surface area contributed by atoms with Crippen LogP contribution in [-0.4, -0.2) is 20.6 Å². The third-order valence-electron chi connectivity index (χ3n) is 3.21. The van der Waals surface area contributed by atoms with Crippen LogP contribution in [0.4, 0.5) is 0 Å². The molecule has 96 valence electrons. The molecular weight excluding hydrogens is 252 g/mol. The third-order valence-corrected chi connectivity index (χ3v) is 3.21. The van der Waals surface area contributed by atoms with Crippen LogP contribution in [0.2, 0.25) is 0 Å². The van der Waals surface area contributed by atoms with Crippen molar-refractivity contribution < 1.29 is 4.52 Å². The highest BCUT2D eigenvalue weighted by Crippen LogP contribution is 2.32. The lowest BCUT2D eigenvalue weighted by molar-refractivity contribution is 0.439. The van der Waals surface area contributed by atoms with E-state index in [2.05, 4.69) is 20.6 Å². The van der Waals surface area contributed by atoms with E-state index in [-0.39, 0.29) is 0 Å². The highest BCUT2D eigenvalue weighted by Gasteiger charge is 2.18. The molecule has 0 bridgehead atoms. The number of nitrogens with one attached hydrogen (secondary N) is 1. The second kappa shape index (κ2) is 4.31. The maximum Gasteiger partial charge on any atom is 0.197 e. The molecule has 5 heteroatoms. The van der Waals surface area contributed by atoms with Gasteiger partial charge in [0.2, 0.25) is 0 Å². The number of aromatic nitrogens is 4. The summed E-state index contributed by atoms with van der Waals surface area (Å²) in [4.78, 5) is 0. The van der Waals surface area contributed by atoms with E-state index in [9.17, 15) is 0 Å². The number of nitrogens with zero attached hydrogens (tertiary/aromatic N) is 3. The Hall–Kier alpha value is -2.95. The van der Waals surface area contributed by atoms with E-state index >= 15 is 0 Å². The van der Waals surface area contributed by atoms with Gasteiger partial charge in [0.05, 0.1) is 11.1 Å². The molecule has 2 aromatic carbocycles. The van der Waals surface area contributed by atoms with Crippen LogP contribution in [0.15, 0.2) is 59.1 Å². The summed E-state index contributed by atoms with van der Waals surface area (Å²) < 4.78 is 5.45. The van der Waals surface area contributed by atoms with Crippen molar-refractivity contribution in [2.24, 2.45) is 0 Å². The Bertz CT molecular complexity index is 864. The van der Waals surface area contributed by atoms with Gasteiger partial charge in [-0.15, -0.1) is 5.10 Å². The van der Waals surface area contributed by atoms with Gasteiger partial charge in [0.25, 0.3) is 0 Å². The van der Waals surface area contributed by atoms with Crippen LogP contribution < -0.4 is 0 Å². The summed E-state index contributed by atoms with van der Waals surface area (Å²) in [7, 11) is 0. The van der Waals surface area contributed by atoms with Crippen molar-refractivity contribution in [1.82, 2.24) is 20.6 Å². The van der Waals surface area contributed by atoms with Crippen molar-refractivity contribution in [2.45, 2.75) is 0 Å². The maximum absolute atomic E-state index is 5.45. The van der Waals surface area contributed by atoms with Crippen molar-refractivity contribution in [3.8, 4) is 22.7 Å². The molecule has 0 aliphatic rings. The molecule has 0 spiro atoms. The molecule has 0 fully saturated rings. The van der Waals surface area contributed by atoms with Crippen LogP contribution in [0, 0.1) is 0 Å². The molecule has 20 heavy (non-hydrogen) atoms. The van der Waals surface area contributed by atoms with Crippen molar-refractivity contribution in [2.75, 3.05) is 0 Å². The normalized spacial score (nSPS) is 11.0. The number of fused-ring (bicyclic) bond motifs is 1. The van der Waals surface area contributed by atoms with Crippen LogP contribution in [0.3, 0.4) is 0 Å². The van der Waals surface area contributed by atoms with E-state index in [1.54, 1.807) is 0 Å². The fourth-order valence-electron chi connectivity index (χ4n) is 2.25. The van der Waals surface area contributed by atoms with E-state index in [0.29, 0.717) is 11.5 Å². The van der Waals surface area contributed by atoms with Crippen LogP contribution in [0.5, 0.6) is 0 Å². The minimum Gasteiger partial charge on any atom is -0.353 e. The van der Waals surface area contributed by atoms with Crippen molar-refractivity contribution >= 4 is 10.9 Å². The molecular formula is C15H10N4O. The molecule has 0 atom stereocenters. The molecule has 0 unspecified atom stereocenters. The summed E-state index contributed by atoms with van der Waals surface area (Å²) in [6, 6.07) is 17.7. The predicted molar refractivity (Wildman–Crippen MR) is 74.8 cm³/mol. The summed E-state index contributed by atoms with van der Waals surface area (Å²) in [5.41, 5.74) is 3.31. The Morgan fingerprint density at radius 3 is 2.60 bits per heavy atom. The summed E-state index contributed by atoms with van der Waals surface area (Å²) in [5.74, 6) is 0.633. The second-order valence-corrected chi connectivity index (χ2v) is 4.43. The minimum atomic E-state index is 0.633. The first-order chi connectivity index (χ1) is 9.93. The molecule has 5 nitrogen and oxygen atoms in total. The fraction of sp³-hybridized carbons (Fsp3) is 0. The first-order valence-corrected chi connectivity index (χ1v) is 6.25. The van der Waals surface area contributed by atoms with Gasteiger partial charge >= 0.3 is 0 Å². The summed E-state index contributed by atoms with van der Waals surface area (Å²) >= 11 is 0. The SMILES string of the molecule is c1ccc(-c2[nH]nnc2-c2onc3ccccc23)cc1. The fourth-order valence-corrected chi connectivity index (χ4v) is 2.25. The summed E-state index contributed by atoms with van der Waals surface area (Å²) in [6.45, 7) is 0. The van der Waals surface area contributed by atoms with Gasteiger partial charge in [-0.3, -0.25) is 5.10 Å². The zero-order chi connectivity index (χ0) is 13.4. The van der Waals surface area contributed by atoms with Gasteiger partial charge in [0, 0.05) is 5.56 Å². The molecule has 2 aromatic heterocycles. The standard InChI is InChI=1S/C15H10N4O/c1-2-6-10(7-3-1)13-14(17-19-16-13)15-11-8-4-5-9-12(11)18-20-15/h1-9H,(H,16,17,19). The van der Waals surface area contributed by atoms with Gasteiger partial charge in [0.1, 0.15) is 5.52 Å². The van der Waals surface area contributed by atoms with Gasteiger partial charge in [0.15, 0.2) is 11.5 Å². The highest BCUT2D eigenvalue weighted by atomic mass is 16.5. The molecule has 0 aliphatic carbocycles. The lowest BCUT2D eigenvalue weighted by atomic mass is 10.1. The average molecular weight is 262 g/mol. The van der Waals surface area contributed by atoms with E-state index in [1.165, 1.54) is 0 Å². The number of hydrogen-bond acceptors (Lipinski definition) is 4. The first kappa shape index (κ1) is 10.9. The molecule has 0 saturated carbocycles.